The van der Waals surface area contributed by atoms with Crippen LogP contribution < -0.4 is 4.90 Å². The largest absolute Gasteiger partial charge is 0.372 e. The molecule has 0 unspecified atom stereocenters. The van der Waals surface area contributed by atoms with Crippen molar-refractivity contribution in [1.82, 2.24) is 9.55 Å². The number of nitrogens with zero attached hydrogens (tertiary/aromatic N) is 3. The van der Waals surface area contributed by atoms with Crippen molar-refractivity contribution >= 4 is 5.69 Å². The van der Waals surface area contributed by atoms with E-state index >= 15 is 0 Å². The minimum Gasteiger partial charge on any atom is -0.372 e. The fraction of sp³-hybridized carbons (Fsp3) is 0.308. The standard InChI is InChI=1S/C13H17N3/c1-3-15(4-2)12-5-7-13(8-6-12)16-10-9-14-11-16/h5-11H,3-4H2,1-2H3. The molecule has 84 valence electrons. The molecule has 3 nitrogen and oxygen atoms in total. The lowest BCUT2D eigenvalue weighted by Crippen LogP contribution is -2.21. The van der Waals surface area contributed by atoms with Crippen LogP contribution in [-0.2, 0) is 0 Å². The molecule has 2 aromatic rings. The predicted octanol–water partition coefficient (Wildman–Crippen LogP) is 2.72. The number of hydrogen-bond donors (Lipinski definition) is 0. The highest BCUT2D eigenvalue weighted by atomic mass is 15.1. The van der Waals surface area contributed by atoms with Gasteiger partial charge in [0.25, 0.3) is 0 Å². The van der Waals surface area contributed by atoms with Crippen molar-refractivity contribution < 1.29 is 0 Å². The number of aromatic nitrogens is 2. The molecule has 0 saturated carbocycles. The van der Waals surface area contributed by atoms with Gasteiger partial charge in [0.15, 0.2) is 0 Å². The van der Waals surface area contributed by atoms with E-state index in [1.165, 1.54) is 5.69 Å². The molecule has 0 atom stereocenters. The van der Waals surface area contributed by atoms with Crippen molar-refractivity contribution in [3.8, 4) is 5.69 Å². The Morgan fingerprint density at radius 3 is 2.31 bits per heavy atom. The number of rotatable bonds is 4. The van der Waals surface area contributed by atoms with Gasteiger partial charge in [-0.05, 0) is 38.1 Å². The number of benzene rings is 1. The Morgan fingerprint density at radius 2 is 1.81 bits per heavy atom. The maximum absolute atomic E-state index is 4.04. The van der Waals surface area contributed by atoms with Gasteiger partial charge in [0.2, 0.25) is 0 Å². The minimum atomic E-state index is 1.04. The van der Waals surface area contributed by atoms with E-state index in [1.54, 1.807) is 6.20 Å². The van der Waals surface area contributed by atoms with Gasteiger partial charge in [-0.3, -0.25) is 0 Å². The molecule has 1 aromatic heterocycles. The quantitative estimate of drug-likeness (QED) is 0.782. The molecule has 0 spiro atoms. The van der Waals surface area contributed by atoms with Crippen molar-refractivity contribution in [2.24, 2.45) is 0 Å². The van der Waals surface area contributed by atoms with Gasteiger partial charge in [-0.2, -0.15) is 0 Å². The molecule has 1 heterocycles. The first kappa shape index (κ1) is 10.7. The maximum Gasteiger partial charge on any atom is 0.0991 e. The van der Waals surface area contributed by atoms with E-state index in [9.17, 15) is 0 Å². The Morgan fingerprint density at radius 1 is 1.12 bits per heavy atom. The first-order valence-electron chi connectivity index (χ1n) is 5.68. The van der Waals surface area contributed by atoms with Gasteiger partial charge in [-0.25, -0.2) is 4.98 Å². The molecule has 0 aliphatic carbocycles. The molecule has 0 fully saturated rings. The third-order valence-corrected chi connectivity index (χ3v) is 2.78. The van der Waals surface area contributed by atoms with Crippen LogP contribution in [0.3, 0.4) is 0 Å². The van der Waals surface area contributed by atoms with E-state index in [0.717, 1.165) is 18.8 Å². The van der Waals surface area contributed by atoms with Crippen molar-refractivity contribution in [2.75, 3.05) is 18.0 Å². The van der Waals surface area contributed by atoms with Crippen LogP contribution in [0.1, 0.15) is 13.8 Å². The lowest BCUT2D eigenvalue weighted by molar-refractivity contribution is 0.865. The fourth-order valence-electron chi connectivity index (χ4n) is 1.84. The van der Waals surface area contributed by atoms with Crippen LogP contribution in [0.2, 0.25) is 0 Å². The first-order chi connectivity index (χ1) is 7.85. The number of anilines is 1. The first-order valence-corrected chi connectivity index (χ1v) is 5.68. The molecular formula is C13H17N3. The summed E-state index contributed by atoms with van der Waals surface area (Å²) >= 11 is 0. The highest BCUT2D eigenvalue weighted by Crippen LogP contribution is 2.16. The van der Waals surface area contributed by atoms with Crippen molar-refractivity contribution in [1.29, 1.82) is 0 Å². The molecule has 0 aliphatic heterocycles. The molecule has 3 heteroatoms. The summed E-state index contributed by atoms with van der Waals surface area (Å²) in [5, 5.41) is 0. The molecule has 0 bridgehead atoms. The third-order valence-electron chi connectivity index (χ3n) is 2.78. The number of imidazole rings is 1. The van der Waals surface area contributed by atoms with E-state index in [-0.39, 0.29) is 0 Å². The van der Waals surface area contributed by atoms with E-state index in [2.05, 4.69) is 48.0 Å². The summed E-state index contributed by atoms with van der Waals surface area (Å²) < 4.78 is 2.01. The second-order valence-electron chi connectivity index (χ2n) is 3.66. The van der Waals surface area contributed by atoms with E-state index in [0.29, 0.717) is 0 Å². The number of hydrogen-bond acceptors (Lipinski definition) is 2. The molecule has 0 amide bonds. The van der Waals surface area contributed by atoms with Gasteiger partial charge in [-0.15, -0.1) is 0 Å². The van der Waals surface area contributed by atoms with Crippen molar-refractivity contribution in [3.05, 3.63) is 43.0 Å². The van der Waals surface area contributed by atoms with Crippen LogP contribution in [0.5, 0.6) is 0 Å². The highest BCUT2D eigenvalue weighted by Gasteiger charge is 2.01. The smallest absolute Gasteiger partial charge is 0.0991 e. The highest BCUT2D eigenvalue weighted by molar-refractivity contribution is 5.50. The molecule has 0 radical (unpaired) electrons. The zero-order chi connectivity index (χ0) is 11.4. The Balaban J connectivity index is 2.22. The Kier molecular flexibility index (Phi) is 3.25. The summed E-state index contributed by atoms with van der Waals surface area (Å²) in [6.45, 7) is 6.43. The molecule has 2 rings (SSSR count). The summed E-state index contributed by atoms with van der Waals surface area (Å²) in [6, 6.07) is 8.55. The summed E-state index contributed by atoms with van der Waals surface area (Å²) in [6.07, 6.45) is 5.55. The normalized spacial score (nSPS) is 10.4. The van der Waals surface area contributed by atoms with E-state index < -0.39 is 0 Å². The molecule has 1 aromatic carbocycles. The SMILES string of the molecule is CCN(CC)c1ccc(-n2ccnc2)cc1. The van der Waals surface area contributed by atoms with Crippen molar-refractivity contribution in [2.45, 2.75) is 13.8 Å². The predicted molar refractivity (Wildman–Crippen MR) is 67.1 cm³/mol. The van der Waals surface area contributed by atoms with Crippen LogP contribution >= 0.6 is 0 Å². The lowest BCUT2D eigenvalue weighted by Gasteiger charge is -2.21. The lowest BCUT2D eigenvalue weighted by atomic mass is 10.2. The van der Waals surface area contributed by atoms with Gasteiger partial charge < -0.3 is 9.47 Å². The van der Waals surface area contributed by atoms with Crippen LogP contribution in [-0.4, -0.2) is 22.6 Å². The van der Waals surface area contributed by atoms with Gasteiger partial charge in [0, 0.05) is 36.9 Å². The van der Waals surface area contributed by atoms with Gasteiger partial charge >= 0.3 is 0 Å². The monoisotopic (exact) mass is 215 g/mol. The zero-order valence-electron chi connectivity index (χ0n) is 9.80. The van der Waals surface area contributed by atoms with Crippen LogP contribution in [0.4, 0.5) is 5.69 Å². The van der Waals surface area contributed by atoms with Crippen molar-refractivity contribution in [3.63, 3.8) is 0 Å². The average Bonchev–Trinajstić information content (AvgIpc) is 2.85. The van der Waals surface area contributed by atoms with Crippen LogP contribution in [0.15, 0.2) is 43.0 Å². The summed E-state index contributed by atoms with van der Waals surface area (Å²) in [5.74, 6) is 0. The Hall–Kier alpha value is -1.77. The van der Waals surface area contributed by atoms with Crippen LogP contribution in [0.25, 0.3) is 5.69 Å². The second-order valence-corrected chi connectivity index (χ2v) is 3.66. The summed E-state index contributed by atoms with van der Waals surface area (Å²) in [5.41, 5.74) is 2.42. The maximum atomic E-state index is 4.04. The Labute approximate surface area is 96.3 Å². The average molecular weight is 215 g/mol. The van der Waals surface area contributed by atoms with Gasteiger partial charge in [0.05, 0.1) is 6.33 Å². The van der Waals surface area contributed by atoms with Gasteiger partial charge in [0.1, 0.15) is 0 Å². The zero-order valence-corrected chi connectivity index (χ0v) is 9.80. The second kappa shape index (κ2) is 4.84. The van der Waals surface area contributed by atoms with E-state index in [4.69, 9.17) is 0 Å². The fourth-order valence-corrected chi connectivity index (χ4v) is 1.84. The molecular weight excluding hydrogens is 198 g/mol. The topological polar surface area (TPSA) is 21.1 Å². The molecule has 16 heavy (non-hydrogen) atoms. The minimum absolute atomic E-state index is 1.04. The van der Waals surface area contributed by atoms with Crippen LogP contribution in [0, 0.1) is 0 Å². The third kappa shape index (κ3) is 2.08. The molecule has 0 aliphatic rings. The Bertz CT molecular complexity index is 413. The van der Waals surface area contributed by atoms with E-state index in [1.807, 2.05) is 17.1 Å². The van der Waals surface area contributed by atoms with Gasteiger partial charge in [-0.1, -0.05) is 0 Å². The summed E-state index contributed by atoms with van der Waals surface area (Å²) in [7, 11) is 0. The molecule has 0 N–H and O–H groups in total. The summed E-state index contributed by atoms with van der Waals surface area (Å²) in [4.78, 5) is 6.37. The molecule has 0 saturated heterocycles.